The molecule has 0 radical (unpaired) electrons. The quantitative estimate of drug-likeness (QED) is 0.162. The summed E-state index contributed by atoms with van der Waals surface area (Å²) in [6.07, 6.45) is 3.08. The van der Waals surface area contributed by atoms with E-state index in [1.807, 2.05) is 120 Å². The van der Waals surface area contributed by atoms with Gasteiger partial charge in [0.05, 0.1) is 12.0 Å². The molecule has 0 unspecified atom stereocenters. The predicted octanol–water partition coefficient (Wildman–Crippen LogP) is 7.13. The topological polar surface area (TPSA) is 75.7 Å². The van der Waals surface area contributed by atoms with Crippen LogP contribution in [-0.4, -0.2) is 29.7 Å². The minimum absolute atomic E-state index is 0.200. The number of benzene rings is 5. The van der Waals surface area contributed by atoms with E-state index >= 15 is 0 Å². The summed E-state index contributed by atoms with van der Waals surface area (Å²) in [7, 11) is 0. The van der Waals surface area contributed by atoms with Gasteiger partial charge in [0.2, 0.25) is 5.91 Å². The Morgan fingerprint density at radius 3 is 2.09 bits per heavy atom. The van der Waals surface area contributed by atoms with Gasteiger partial charge < -0.3 is 15.0 Å². The molecule has 4 atom stereocenters. The Morgan fingerprint density at radius 1 is 0.766 bits per heavy atom. The summed E-state index contributed by atoms with van der Waals surface area (Å²) in [6, 6.07) is 37.1. The second-order valence-electron chi connectivity index (χ2n) is 12.1. The molecular weight excluding hydrogens is 591 g/mol. The van der Waals surface area contributed by atoms with Gasteiger partial charge in [-0.1, -0.05) is 109 Å². The van der Waals surface area contributed by atoms with Gasteiger partial charge in [0.1, 0.15) is 17.3 Å². The van der Waals surface area contributed by atoms with Crippen molar-refractivity contribution in [1.29, 1.82) is 0 Å². The maximum absolute atomic E-state index is 15.0. The molecule has 5 aromatic carbocycles. The number of para-hydroxylation sites is 2. The normalized spacial score (nSPS) is 22.0. The van der Waals surface area contributed by atoms with Gasteiger partial charge in [0, 0.05) is 16.9 Å². The van der Waals surface area contributed by atoms with Crippen LogP contribution < -0.4 is 10.2 Å². The number of ether oxygens (including phenoxy) is 1. The van der Waals surface area contributed by atoms with Crippen LogP contribution in [0.3, 0.4) is 0 Å². The number of anilines is 2. The van der Waals surface area contributed by atoms with Crippen LogP contribution >= 0.6 is 0 Å². The average Bonchev–Trinajstić information content (AvgIpc) is 3.60. The van der Waals surface area contributed by atoms with Gasteiger partial charge in [-0.25, -0.2) is 9.18 Å². The zero-order chi connectivity index (χ0) is 32.1. The molecule has 3 aliphatic heterocycles. The summed E-state index contributed by atoms with van der Waals surface area (Å²) in [6.45, 7) is 0. The highest BCUT2D eigenvalue weighted by molar-refractivity contribution is 6.16. The van der Waals surface area contributed by atoms with E-state index in [0.717, 1.165) is 16.7 Å². The fourth-order valence-electron chi connectivity index (χ4n) is 7.66. The van der Waals surface area contributed by atoms with Crippen LogP contribution in [-0.2, 0) is 19.7 Å². The van der Waals surface area contributed by atoms with Gasteiger partial charge in [0.25, 0.3) is 0 Å². The highest BCUT2D eigenvalue weighted by atomic mass is 19.1. The van der Waals surface area contributed by atoms with Crippen molar-refractivity contribution in [2.24, 2.45) is 5.92 Å². The number of carbonyl (C=O) groups excluding carboxylic acids is 3. The number of fused-ring (bicyclic) bond motifs is 6. The first kappa shape index (κ1) is 28.6. The maximum Gasteiger partial charge on any atom is 0.330 e. The molecular formula is C40H29FN2O4. The standard InChI is InChI=1S/C40H29FN2O4/c41-29-22-19-26(20-23-29)36(44)34-35(38(45)47-37(27-12-3-1-4-13-27)28-14-5-2-6-15-28)43-32-18-10-7-11-25(32)21-24-33(43)40(34)30-16-8-9-17-31(30)42-39(40)46/h1-24,33-35,37H,(H,42,46)/t33-,34+,35+,40-/m1/s1. The first-order valence-electron chi connectivity index (χ1n) is 15.5. The van der Waals surface area contributed by atoms with Crippen molar-refractivity contribution in [3.8, 4) is 0 Å². The minimum Gasteiger partial charge on any atom is -0.451 e. The van der Waals surface area contributed by atoms with Crippen molar-refractivity contribution in [2.75, 3.05) is 10.2 Å². The zero-order valence-corrected chi connectivity index (χ0v) is 25.1. The highest BCUT2D eigenvalue weighted by Gasteiger charge is 2.71. The van der Waals surface area contributed by atoms with E-state index in [-0.39, 0.29) is 11.5 Å². The van der Waals surface area contributed by atoms with E-state index in [0.29, 0.717) is 16.9 Å². The molecule has 6 nitrogen and oxygen atoms in total. The van der Waals surface area contributed by atoms with E-state index in [1.54, 1.807) is 6.07 Å². The van der Waals surface area contributed by atoms with Crippen LogP contribution in [0.15, 0.2) is 140 Å². The van der Waals surface area contributed by atoms with Crippen LogP contribution in [0.5, 0.6) is 0 Å². The lowest BCUT2D eigenvalue weighted by molar-refractivity contribution is -0.150. The van der Waals surface area contributed by atoms with Crippen LogP contribution in [0, 0.1) is 11.7 Å². The number of hydrogen-bond donors (Lipinski definition) is 1. The summed E-state index contributed by atoms with van der Waals surface area (Å²) in [5.41, 5.74) is 3.01. The molecule has 3 aliphatic rings. The van der Waals surface area contributed by atoms with Gasteiger partial charge >= 0.3 is 5.97 Å². The highest BCUT2D eigenvalue weighted by Crippen LogP contribution is 2.58. The van der Waals surface area contributed by atoms with Crippen molar-refractivity contribution >= 4 is 35.1 Å². The molecule has 0 saturated carbocycles. The largest absolute Gasteiger partial charge is 0.451 e. The minimum atomic E-state index is -1.50. The number of amides is 1. The van der Waals surface area contributed by atoms with E-state index in [9.17, 15) is 18.8 Å². The second kappa shape index (κ2) is 11.2. The van der Waals surface area contributed by atoms with Crippen LogP contribution in [0.2, 0.25) is 0 Å². The summed E-state index contributed by atoms with van der Waals surface area (Å²) in [5.74, 6) is -3.19. The molecule has 1 amide bonds. The zero-order valence-electron chi connectivity index (χ0n) is 25.1. The Morgan fingerprint density at radius 2 is 1.38 bits per heavy atom. The number of halogens is 1. The molecule has 0 bridgehead atoms. The van der Waals surface area contributed by atoms with Gasteiger partial charge in [0.15, 0.2) is 11.9 Å². The SMILES string of the molecule is O=C(OC(c1ccccc1)c1ccccc1)[C@@H]1[C@@H](C(=O)c2ccc(F)cc2)[C@]2(C(=O)Nc3ccccc32)[C@H]2C=Cc3ccccc3N12. The number of hydrogen-bond acceptors (Lipinski definition) is 5. The van der Waals surface area contributed by atoms with Crippen molar-refractivity contribution < 1.29 is 23.5 Å². The van der Waals surface area contributed by atoms with Crippen LogP contribution in [0.1, 0.15) is 38.7 Å². The van der Waals surface area contributed by atoms with E-state index < -0.39 is 47.1 Å². The van der Waals surface area contributed by atoms with Gasteiger partial charge in [-0.2, -0.15) is 0 Å². The molecule has 3 heterocycles. The first-order valence-corrected chi connectivity index (χ1v) is 15.5. The third-order valence-electron chi connectivity index (χ3n) is 9.63. The molecule has 0 aliphatic carbocycles. The lowest BCUT2D eigenvalue weighted by atomic mass is 9.64. The van der Waals surface area contributed by atoms with E-state index in [1.165, 1.54) is 24.3 Å². The molecule has 8 rings (SSSR count). The van der Waals surface area contributed by atoms with E-state index in [2.05, 4.69) is 5.32 Å². The fraction of sp³-hybridized carbons (Fsp3) is 0.125. The van der Waals surface area contributed by atoms with Crippen LogP contribution in [0.4, 0.5) is 15.8 Å². The molecule has 1 saturated heterocycles. The Balaban J connectivity index is 1.35. The number of esters is 1. The molecule has 47 heavy (non-hydrogen) atoms. The Bertz CT molecular complexity index is 2010. The monoisotopic (exact) mass is 620 g/mol. The molecule has 0 aromatic heterocycles. The number of Topliss-reactive ketones (excluding diaryl/α,β-unsaturated/α-hetero) is 1. The summed E-state index contributed by atoms with van der Waals surface area (Å²) >= 11 is 0. The lowest BCUT2D eigenvalue weighted by Gasteiger charge is -2.37. The summed E-state index contributed by atoms with van der Waals surface area (Å²) in [5, 5.41) is 3.02. The summed E-state index contributed by atoms with van der Waals surface area (Å²) in [4.78, 5) is 46.3. The molecule has 7 heteroatoms. The van der Waals surface area contributed by atoms with Crippen molar-refractivity contribution in [3.05, 3.63) is 173 Å². The van der Waals surface area contributed by atoms with Crippen molar-refractivity contribution in [1.82, 2.24) is 0 Å². The molecule has 1 N–H and O–H groups in total. The Hall–Kier alpha value is -5.82. The number of nitrogens with one attached hydrogen (secondary N) is 1. The molecule has 1 fully saturated rings. The van der Waals surface area contributed by atoms with Gasteiger partial charge in [-0.15, -0.1) is 0 Å². The third kappa shape index (κ3) is 4.41. The first-order chi connectivity index (χ1) is 23.0. The van der Waals surface area contributed by atoms with E-state index in [4.69, 9.17) is 4.74 Å². The average molecular weight is 621 g/mol. The maximum atomic E-state index is 15.0. The Kier molecular flexibility index (Phi) is 6.83. The van der Waals surface area contributed by atoms with Crippen molar-refractivity contribution in [2.45, 2.75) is 23.6 Å². The predicted molar refractivity (Wildman–Crippen MR) is 177 cm³/mol. The number of carbonyl (C=O) groups is 3. The smallest absolute Gasteiger partial charge is 0.330 e. The fourth-order valence-corrected chi connectivity index (χ4v) is 7.66. The Labute approximate surface area is 271 Å². The number of rotatable bonds is 6. The van der Waals surface area contributed by atoms with Gasteiger partial charge in [-0.05, 0) is 58.7 Å². The van der Waals surface area contributed by atoms with Crippen LogP contribution in [0.25, 0.3) is 6.08 Å². The summed E-state index contributed by atoms with van der Waals surface area (Å²) < 4.78 is 20.6. The number of nitrogens with zero attached hydrogens (tertiary/aromatic N) is 1. The lowest BCUT2D eigenvalue weighted by Crippen LogP contribution is -2.51. The number of ketones is 1. The molecule has 5 aromatic rings. The van der Waals surface area contributed by atoms with Gasteiger partial charge in [-0.3, -0.25) is 9.59 Å². The third-order valence-corrected chi connectivity index (χ3v) is 9.63. The second-order valence-corrected chi connectivity index (χ2v) is 12.1. The molecule has 230 valence electrons. The van der Waals surface area contributed by atoms with Crippen molar-refractivity contribution in [3.63, 3.8) is 0 Å². The molecule has 1 spiro atoms.